The fraction of sp³-hybridized carbons (Fsp3) is 0.889. The number of aliphatic hydroxyl groups is 2. The molecule has 0 aliphatic heterocycles. The summed E-state index contributed by atoms with van der Waals surface area (Å²) in [6, 6.07) is 0. The number of quaternary nitrogens is 1. The van der Waals surface area contributed by atoms with E-state index in [1.807, 2.05) is 0 Å². The molecule has 5 heteroatoms. The Bertz CT molecular complexity index is 190. The molecule has 0 heterocycles. The highest BCUT2D eigenvalue weighted by Crippen LogP contribution is 1.97. The number of nitrogens with one attached hydrogen (secondary N) is 1. The number of carbonyl (C=O) groups is 1. The zero-order valence-electron chi connectivity index (χ0n) is 9.32. The zero-order valence-corrected chi connectivity index (χ0v) is 9.32. The third-order valence-corrected chi connectivity index (χ3v) is 1.63. The van der Waals surface area contributed by atoms with E-state index in [9.17, 15) is 4.79 Å². The van der Waals surface area contributed by atoms with E-state index in [4.69, 9.17) is 10.2 Å². The highest BCUT2D eigenvalue weighted by atomic mass is 16.3. The van der Waals surface area contributed by atoms with Crippen molar-refractivity contribution in [1.82, 2.24) is 5.43 Å². The lowest BCUT2D eigenvalue weighted by Crippen LogP contribution is -2.57. The molecule has 0 aliphatic carbocycles. The first kappa shape index (κ1) is 13.4. The Kier molecular flexibility index (Phi) is 5.04. The van der Waals surface area contributed by atoms with Crippen LogP contribution in [0.4, 0.5) is 0 Å². The SMILES string of the molecule is CC(O)CC(=O)N[N+](C)(C)CC(C)O. The molecule has 0 radical (unpaired) electrons. The van der Waals surface area contributed by atoms with Crippen LogP contribution in [0.15, 0.2) is 0 Å². The van der Waals surface area contributed by atoms with Gasteiger partial charge in [0, 0.05) is 0 Å². The molecule has 0 saturated carbocycles. The van der Waals surface area contributed by atoms with Gasteiger partial charge in [0.05, 0.1) is 26.6 Å². The average Bonchev–Trinajstić information content (AvgIpc) is 1.77. The average molecular weight is 205 g/mol. The van der Waals surface area contributed by atoms with E-state index >= 15 is 0 Å². The Balaban J connectivity index is 4.01. The summed E-state index contributed by atoms with van der Waals surface area (Å²) in [5.74, 6) is -0.217. The van der Waals surface area contributed by atoms with Gasteiger partial charge in [-0.3, -0.25) is 4.79 Å². The predicted octanol–water partition coefficient (Wildman–Crippen LogP) is -0.754. The molecule has 14 heavy (non-hydrogen) atoms. The Labute approximate surface area is 84.9 Å². The van der Waals surface area contributed by atoms with Crippen LogP contribution in [0.2, 0.25) is 0 Å². The van der Waals surface area contributed by atoms with E-state index in [0.717, 1.165) is 0 Å². The molecular weight excluding hydrogens is 184 g/mol. The van der Waals surface area contributed by atoms with E-state index < -0.39 is 12.2 Å². The summed E-state index contributed by atoms with van der Waals surface area (Å²) in [7, 11) is 3.57. The Morgan fingerprint density at radius 1 is 1.29 bits per heavy atom. The van der Waals surface area contributed by atoms with Crippen molar-refractivity contribution in [2.75, 3.05) is 20.6 Å². The minimum absolute atomic E-state index is 0.0848. The van der Waals surface area contributed by atoms with Gasteiger partial charge in [-0.2, -0.15) is 0 Å². The largest absolute Gasteiger partial charge is 0.393 e. The number of aliphatic hydroxyl groups excluding tert-OH is 2. The second-order valence-electron chi connectivity index (χ2n) is 4.30. The van der Waals surface area contributed by atoms with Crippen LogP contribution in [-0.2, 0) is 4.79 Å². The van der Waals surface area contributed by atoms with Gasteiger partial charge >= 0.3 is 0 Å². The summed E-state index contributed by atoms with van der Waals surface area (Å²) >= 11 is 0. The van der Waals surface area contributed by atoms with Gasteiger partial charge in [0.1, 0.15) is 12.6 Å². The second kappa shape index (κ2) is 5.29. The number of nitrogens with zero attached hydrogens (tertiary/aromatic N) is 1. The van der Waals surface area contributed by atoms with E-state index in [1.54, 1.807) is 27.9 Å². The van der Waals surface area contributed by atoms with Crippen molar-refractivity contribution < 1.29 is 19.6 Å². The highest BCUT2D eigenvalue weighted by molar-refractivity contribution is 5.75. The van der Waals surface area contributed by atoms with Crippen LogP contribution >= 0.6 is 0 Å². The molecule has 5 nitrogen and oxygen atoms in total. The van der Waals surface area contributed by atoms with E-state index in [-0.39, 0.29) is 16.9 Å². The Morgan fingerprint density at radius 3 is 2.14 bits per heavy atom. The lowest BCUT2D eigenvalue weighted by Gasteiger charge is -2.30. The predicted molar refractivity (Wildman–Crippen MR) is 53.1 cm³/mol. The van der Waals surface area contributed by atoms with Gasteiger partial charge in [-0.05, 0) is 13.8 Å². The summed E-state index contributed by atoms with van der Waals surface area (Å²) in [5, 5.41) is 18.2. The molecule has 0 aromatic carbocycles. The van der Waals surface area contributed by atoms with Gasteiger partial charge in [0.15, 0.2) is 0 Å². The molecule has 0 fully saturated rings. The van der Waals surface area contributed by atoms with Crippen LogP contribution in [0, 0.1) is 0 Å². The molecule has 0 aromatic rings. The molecule has 2 unspecified atom stereocenters. The molecule has 2 atom stereocenters. The van der Waals surface area contributed by atoms with Crippen molar-refractivity contribution >= 4 is 5.91 Å². The van der Waals surface area contributed by atoms with Crippen molar-refractivity contribution in [2.24, 2.45) is 0 Å². The van der Waals surface area contributed by atoms with Crippen LogP contribution in [0.3, 0.4) is 0 Å². The third-order valence-electron chi connectivity index (χ3n) is 1.63. The third kappa shape index (κ3) is 6.82. The van der Waals surface area contributed by atoms with Crippen LogP contribution in [-0.4, -0.2) is 53.6 Å². The quantitative estimate of drug-likeness (QED) is 0.408. The number of carbonyl (C=O) groups excluding carboxylic acids is 1. The van der Waals surface area contributed by atoms with Crippen LogP contribution in [0.25, 0.3) is 0 Å². The molecule has 0 saturated heterocycles. The van der Waals surface area contributed by atoms with E-state index in [0.29, 0.717) is 6.54 Å². The lowest BCUT2D eigenvalue weighted by atomic mass is 10.3. The first-order valence-corrected chi connectivity index (χ1v) is 4.73. The second-order valence-corrected chi connectivity index (χ2v) is 4.30. The number of hydrogen-bond donors (Lipinski definition) is 3. The molecule has 0 aromatic heterocycles. The molecule has 0 rings (SSSR count). The summed E-state index contributed by atoms with van der Waals surface area (Å²) in [6.45, 7) is 3.67. The monoisotopic (exact) mass is 205 g/mol. The van der Waals surface area contributed by atoms with Gasteiger partial charge in [-0.15, -0.1) is 0 Å². The molecular formula is C9H21N2O3+. The first-order valence-electron chi connectivity index (χ1n) is 4.73. The van der Waals surface area contributed by atoms with Crippen molar-refractivity contribution in [3.8, 4) is 0 Å². The van der Waals surface area contributed by atoms with E-state index in [1.165, 1.54) is 0 Å². The molecule has 0 aliphatic rings. The maximum atomic E-state index is 11.3. The summed E-state index contributed by atoms with van der Waals surface area (Å²) in [4.78, 5) is 11.3. The van der Waals surface area contributed by atoms with Crippen molar-refractivity contribution in [1.29, 1.82) is 0 Å². The van der Waals surface area contributed by atoms with Gasteiger partial charge in [-0.1, -0.05) is 0 Å². The molecule has 1 amide bonds. The number of amides is 1. The van der Waals surface area contributed by atoms with Crippen molar-refractivity contribution in [3.63, 3.8) is 0 Å². The smallest absolute Gasteiger partial charge is 0.267 e. The Hall–Kier alpha value is -0.650. The van der Waals surface area contributed by atoms with Crippen molar-refractivity contribution in [3.05, 3.63) is 0 Å². The number of likely N-dealkylation sites (N-methyl/N-ethyl adjacent to an activating group) is 1. The van der Waals surface area contributed by atoms with Gasteiger partial charge < -0.3 is 10.2 Å². The van der Waals surface area contributed by atoms with E-state index in [2.05, 4.69) is 5.43 Å². The minimum atomic E-state index is -0.637. The minimum Gasteiger partial charge on any atom is -0.393 e. The maximum Gasteiger partial charge on any atom is 0.267 e. The number of hydrogen-bond acceptors (Lipinski definition) is 3. The zero-order chi connectivity index (χ0) is 11.4. The Morgan fingerprint density at radius 2 is 1.79 bits per heavy atom. The highest BCUT2D eigenvalue weighted by Gasteiger charge is 2.21. The molecule has 0 spiro atoms. The molecule has 84 valence electrons. The maximum absolute atomic E-state index is 11.3. The van der Waals surface area contributed by atoms with Gasteiger partial charge in [0.25, 0.3) is 5.91 Å². The molecule has 0 bridgehead atoms. The fourth-order valence-electron chi connectivity index (χ4n) is 1.36. The normalized spacial score (nSPS) is 16.1. The van der Waals surface area contributed by atoms with Crippen LogP contribution in [0.1, 0.15) is 20.3 Å². The topological polar surface area (TPSA) is 69.6 Å². The lowest BCUT2D eigenvalue weighted by molar-refractivity contribution is -0.927. The molecule has 3 N–H and O–H groups in total. The fourth-order valence-corrected chi connectivity index (χ4v) is 1.36. The number of rotatable bonds is 5. The summed E-state index contributed by atoms with van der Waals surface area (Å²) in [5.41, 5.74) is 2.70. The van der Waals surface area contributed by atoms with Crippen LogP contribution in [0.5, 0.6) is 0 Å². The van der Waals surface area contributed by atoms with Crippen molar-refractivity contribution in [2.45, 2.75) is 32.5 Å². The van der Waals surface area contributed by atoms with Gasteiger partial charge in [0.2, 0.25) is 0 Å². The van der Waals surface area contributed by atoms with Crippen LogP contribution < -0.4 is 5.43 Å². The summed E-state index contributed by atoms with van der Waals surface area (Å²) in [6.07, 6.45) is -1.03. The first-order chi connectivity index (χ1) is 6.23. The van der Waals surface area contributed by atoms with Gasteiger partial charge in [-0.25, -0.2) is 10.0 Å². The standard InChI is InChI=1S/C9H20N2O3/c1-7(12)5-9(14)10-11(3,4)6-8(2)13/h7-8,12-13H,5-6H2,1-4H3/p+1. The summed E-state index contributed by atoms with van der Waals surface area (Å²) < 4.78 is 0.212.